The van der Waals surface area contributed by atoms with Crippen LogP contribution in [0.25, 0.3) is 11.1 Å². The zero-order valence-electron chi connectivity index (χ0n) is 25.5. The summed E-state index contributed by atoms with van der Waals surface area (Å²) in [5.41, 5.74) is 5.64. The zero-order valence-corrected chi connectivity index (χ0v) is 33.0. The quantitative estimate of drug-likeness (QED) is 0.285. The van der Waals surface area contributed by atoms with Crippen molar-refractivity contribution in [3.05, 3.63) is 65.6 Å². The maximum Gasteiger partial charge on any atom is -0.147 e. The van der Waals surface area contributed by atoms with Gasteiger partial charge >= 0.3 is 225 Å². The van der Waals surface area contributed by atoms with Crippen molar-refractivity contribution in [2.45, 2.75) is 76.2 Å². The van der Waals surface area contributed by atoms with Gasteiger partial charge in [-0.1, -0.05) is 0 Å². The molecule has 2 unspecified atom stereocenters. The van der Waals surface area contributed by atoms with Crippen LogP contribution in [-0.2, 0) is 17.4 Å². The third kappa shape index (κ3) is 5.83. The number of halogens is 2. The topological polar surface area (TPSA) is 26.3 Å². The first-order chi connectivity index (χ1) is 16.3. The Morgan fingerprint density at radius 3 is 1.24 bits per heavy atom. The second-order valence-corrected chi connectivity index (χ2v) is 52.8. The van der Waals surface area contributed by atoms with Crippen LogP contribution < -0.4 is 10.8 Å². The molecule has 2 aliphatic rings. The van der Waals surface area contributed by atoms with Crippen LogP contribution in [-0.4, -0.2) is 23.0 Å². The Morgan fingerprint density at radius 1 is 0.658 bits per heavy atom. The molecule has 0 spiro atoms. The minimum Gasteiger partial charge on any atom is -0.147 e. The van der Waals surface area contributed by atoms with Crippen molar-refractivity contribution in [2.75, 3.05) is 0 Å². The maximum absolute atomic E-state index is 6.61. The van der Waals surface area contributed by atoms with Gasteiger partial charge in [-0.05, 0) is 0 Å². The van der Waals surface area contributed by atoms with Gasteiger partial charge in [0.15, 0.2) is 0 Å². The second kappa shape index (κ2) is 10.8. The molecule has 0 saturated carbocycles. The maximum atomic E-state index is 6.61. The summed E-state index contributed by atoms with van der Waals surface area (Å²) in [6.07, 6.45) is 4.86. The van der Waals surface area contributed by atoms with Crippen LogP contribution in [0.15, 0.2) is 63.0 Å². The summed E-state index contributed by atoms with van der Waals surface area (Å²) in [6, 6.07) is 8.95. The van der Waals surface area contributed by atoms with Gasteiger partial charge in [0.1, 0.15) is 0 Å². The van der Waals surface area contributed by atoms with Gasteiger partial charge in [-0.25, -0.2) is 0 Å². The summed E-state index contributed by atoms with van der Waals surface area (Å²) in [5.74, 6) is 3.01. The molecule has 0 radical (unpaired) electrons. The van der Waals surface area contributed by atoms with Crippen LogP contribution in [0, 0.1) is 11.8 Å². The fourth-order valence-corrected chi connectivity index (χ4v) is 28.1. The molecule has 2 nitrogen and oxygen atoms in total. The van der Waals surface area contributed by atoms with Crippen LogP contribution >= 0.6 is 24.8 Å². The Hall–Kier alpha value is -0.366. The predicted octanol–water partition coefficient (Wildman–Crippen LogP) is 8.45. The van der Waals surface area contributed by atoms with Crippen molar-refractivity contribution in [1.82, 2.24) is 0 Å². The number of allylic oxidation sites excluding steroid dienone is 8. The number of hydrogen-bond donors (Lipinski definition) is 0. The summed E-state index contributed by atoms with van der Waals surface area (Å²) in [5, 5.41) is 2.38. The molecule has 0 aromatic carbocycles. The van der Waals surface area contributed by atoms with Crippen LogP contribution in [0.3, 0.4) is 0 Å². The van der Waals surface area contributed by atoms with Crippen LogP contribution in [0.1, 0.15) is 39.2 Å². The summed E-state index contributed by atoms with van der Waals surface area (Å²) in [7, 11) is -3.03. The average molecular weight is 687 g/mol. The number of furan rings is 2. The van der Waals surface area contributed by atoms with Crippen molar-refractivity contribution in [2.24, 2.45) is 11.8 Å². The van der Waals surface area contributed by atoms with Gasteiger partial charge in [0.2, 0.25) is 0 Å². The van der Waals surface area contributed by atoms with Crippen molar-refractivity contribution in [3.63, 3.8) is 0 Å². The predicted molar refractivity (Wildman–Crippen MR) is 178 cm³/mol. The molecule has 2 aliphatic carbocycles. The van der Waals surface area contributed by atoms with E-state index in [9.17, 15) is 0 Å². The van der Waals surface area contributed by atoms with E-state index in [-0.39, 0.29) is 24.8 Å². The normalized spacial score (nSPS) is 20.9. The third-order valence-corrected chi connectivity index (χ3v) is 28.5. The molecule has 38 heavy (non-hydrogen) atoms. The Kier molecular flexibility index (Phi) is 9.62. The van der Waals surface area contributed by atoms with E-state index in [1.807, 2.05) is 0 Å². The Bertz CT molecular complexity index is 1330. The number of rotatable bonds is 6. The van der Waals surface area contributed by atoms with Crippen molar-refractivity contribution in [1.29, 1.82) is 0 Å². The summed E-state index contributed by atoms with van der Waals surface area (Å²) >= 11 is -3.70. The van der Waals surface area contributed by atoms with Crippen molar-refractivity contribution >= 4 is 69.8 Å². The second-order valence-electron chi connectivity index (χ2n) is 14.4. The van der Waals surface area contributed by atoms with E-state index in [0.717, 1.165) is 11.5 Å². The Labute approximate surface area is 247 Å². The van der Waals surface area contributed by atoms with Crippen LogP contribution in [0.4, 0.5) is 0 Å². The molecule has 2 atom stereocenters. The smallest absolute Gasteiger partial charge is 0.147 e. The molecule has 2 heterocycles. The molecule has 2 aromatic rings. The average Bonchev–Trinajstić information content (AvgIpc) is 3.48. The third-order valence-electron chi connectivity index (χ3n) is 8.51. The molecule has 0 fully saturated rings. The minimum absolute atomic E-state index is 0. The van der Waals surface area contributed by atoms with E-state index in [1.54, 1.807) is 6.56 Å². The molecule has 0 bridgehead atoms. The monoisotopic (exact) mass is 684 g/mol. The first-order valence-electron chi connectivity index (χ1n) is 13.5. The van der Waals surface area contributed by atoms with E-state index in [1.165, 1.54) is 33.1 Å². The molecule has 0 amide bonds. The van der Waals surface area contributed by atoms with Crippen LogP contribution in [0.5, 0.6) is 0 Å². The van der Waals surface area contributed by atoms with Gasteiger partial charge < -0.3 is 0 Å². The van der Waals surface area contributed by atoms with E-state index in [4.69, 9.17) is 8.83 Å². The molecule has 0 saturated heterocycles. The van der Waals surface area contributed by atoms with Gasteiger partial charge in [-0.3, -0.25) is 0 Å². The van der Waals surface area contributed by atoms with E-state index >= 15 is 0 Å². The molecule has 0 N–H and O–H groups in total. The molecule has 0 aliphatic heterocycles. The van der Waals surface area contributed by atoms with Crippen molar-refractivity contribution < 1.29 is 26.2 Å². The SMILES string of the molecule is CC1=CC(c2ccc([Si](C)(C)C)o2)=[C]([Zr]([CH3])([CH3])(=[SiH2])[C]2=C(c3ccc([Si](C)(C)C)o3)C=C(C)C2C)C1C.Cl.Cl. The molecule has 210 valence electrons. The summed E-state index contributed by atoms with van der Waals surface area (Å²) < 4.78 is 21.9. The van der Waals surface area contributed by atoms with E-state index in [2.05, 4.69) is 120 Å². The van der Waals surface area contributed by atoms with Crippen LogP contribution in [0.2, 0.25) is 48.5 Å². The first kappa shape index (κ1) is 33.8. The van der Waals surface area contributed by atoms with Gasteiger partial charge in [-0.2, -0.15) is 0 Å². The number of hydrogen-bond acceptors (Lipinski definition) is 2. The van der Waals surface area contributed by atoms with E-state index < -0.39 is 33.5 Å². The fourth-order valence-electron chi connectivity index (χ4n) is 6.36. The molecular formula is C30H48Cl2O2Si3Zr. The van der Waals surface area contributed by atoms with Gasteiger partial charge in [0.25, 0.3) is 0 Å². The van der Waals surface area contributed by atoms with Gasteiger partial charge in [0.05, 0.1) is 0 Å². The largest absolute Gasteiger partial charge is 0.147 e. The molecular weight excluding hydrogens is 639 g/mol. The molecule has 4 rings (SSSR count). The standard InChI is InChI=1S/2C14H19OSi.2CH3.2ClH.H2Si.Zr/c2*1-10-8-12(9-11(10)2)13-6-7-14(15-13)16(3,4)5;;;;;;/h2*6-8,11H,1-5H3;2*1H3;2*1H;1H2;. The summed E-state index contributed by atoms with van der Waals surface area (Å²) in [4.78, 5) is 0. The minimum atomic E-state index is -3.70. The van der Waals surface area contributed by atoms with Crippen molar-refractivity contribution in [3.8, 4) is 0 Å². The Balaban J connectivity index is 0.00000253. The van der Waals surface area contributed by atoms with E-state index in [0.29, 0.717) is 11.8 Å². The zero-order chi connectivity index (χ0) is 27.0. The molecule has 8 heteroatoms. The summed E-state index contributed by atoms with van der Waals surface area (Å²) in [6.45, 7) is 26.0. The first-order valence-corrected chi connectivity index (χ1v) is 33.8. The fraction of sp³-hybridized carbons (Fsp3) is 0.467. The van der Waals surface area contributed by atoms with Gasteiger partial charge in [0, 0.05) is 0 Å². The Morgan fingerprint density at radius 2 is 0.974 bits per heavy atom. The molecule has 2 aromatic heterocycles. The van der Waals surface area contributed by atoms with Gasteiger partial charge in [-0.15, -0.1) is 24.8 Å².